The van der Waals surface area contributed by atoms with Crippen LogP contribution in [-0.4, -0.2) is 6.29 Å². The molecule has 0 fully saturated rings. The first-order valence-corrected chi connectivity index (χ1v) is 5.59. The number of thiol groups is 1. The van der Waals surface area contributed by atoms with Gasteiger partial charge >= 0.3 is 0 Å². The van der Waals surface area contributed by atoms with Gasteiger partial charge in [0, 0.05) is 16.1 Å². The third kappa shape index (κ3) is 2.35. The number of hydrogen-bond acceptors (Lipinski definition) is 2. The lowest BCUT2D eigenvalue weighted by Crippen LogP contribution is -1.97. The van der Waals surface area contributed by atoms with E-state index in [-0.39, 0.29) is 5.92 Å². The molecule has 0 radical (unpaired) electrons. The van der Waals surface area contributed by atoms with E-state index in [9.17, 15) is 4.79 Å². The Labute approximate surface area is 92.1 Å². The van der Waals surface area contributed by atoms with E-state index < -0.39 is 0 Å². The molecule has 1 atom stereocenters. The van der Waals surface area contributed by atoms with E-state index in [2.05, 4.69) is 28.6 Å². The smallest absolute Gasteiger partial charge is 0.127 e. The van der Waals surface area contributed by atoms with Crippen LogP contribution in [0.1, 0.15) is 24.0 Å². The fourth-order valence-electron chi connectivity index (χ4n) is 1.16. The van der Waals surface area contributed by atoms with Crippen LogP contribution in [0, 0.1) is 0 Å². The Morgan fingerprint density at radius 3 is 2.85 bits per heavy atom. The lowest BCUT2D eigenvalue weighted by atomic mass is 10.0. The standard InChI is InChI=1S/C10H11BrOS/c1-7(6-12)9-4-2-3-8(5-11)10(9)13/h2-4,6-7,13H,5H2,1H3. The van der Waals surface area contributed by atoms with E-state index in [0.29, 0.717) is 0 Å². The Morgan fingerprint density at radius 2 is 2.31 bits per heavy atom. The molecule has 0 aliphatic carbocycles. The highest BCUT2D eigenvalue weighted by Crippen LogP contribution is 2.26. The monoisotopic (exact) mass is 258 g/mol. The van der Waals surface area contributed by atoms with Crippen molar-refractivity contribution in [1.29, 1.82) is 0 Å². The highest BCUT2D eigenvalue weighted by Gasteiger charge is 2.09. The van der Waals surface area contributed by atoms with Crippen molar-refractivity contribution >= 4 is 34.8 Å². The van der Waals surface area contributed by atoms with Crippen LogP contribution in [0.5, 0.6) is 0 Å². The van der Waals surface area contributed by atoms with Crippen LogP contribution < -0.4 is 0 Å². The Bertz CT molecular complexity index is 312. The lowest BCUT2D eigenvalue weighted by Gasteiger charge is -2.10. The Kier molecular flexibility index (Phi) is 4.00. The zero-order valence-corrected chi connectivity index (χ0v) is 9.81. The first-order valence-electron chi connectivity index (χ1n) is 4.02. The molecule has 13 heavy (non-hydrogen) atoms. The van der Waals surface area contributed by atoms with Crippen molar-refractivity contribution < 1.29 is 4.79 Å². The van der Waals surface area contributed by atoms with Gasteiger partial charge in [0.1, 0.15) is 6.29 Å². The molecule has 1 unspecified atom stereocenters. The maximum Gasteiger partial charge on any atom is 0.127 e. The molecule has 1 aromatic carbocycles. The number of alkyl halides is 1. The van der Waals surface area contributed by atoms with Gasteiger partial charge in [-0.1, -0.05) is 41.1 Å². The van der Waals surface area contributed by atoms with Gasteiger partial charge in [-0.15, -0.1) is 12.6 Å². The van der Waals surface area contributed by atoms with Crippen molar-refractivity contribution in [3.05, 3.63) is 29.3 Å². The Morgan fingerprint density at radius 1 is 1.62 bits per heavy atom. The third-order valence-electron chi connectivity index (χ3n) is 1.99. The van der Waals surface area contributed by atoms with E-state index in [1.165, 1.54) is 0 Å². The van der Waals surface area contributed by atoms with Crippen molar-refractivity contribution in [3.63, 3.8) is 0 Å². The molecule has 0 spiro atoms. The van der Waals surface area contributed by atoms with Gasteiger partial charge < -0.3 is 4.79 Å². The van der Waals surface area contributed by atoms with E-state index in [4.69, 9.17) is 0 Å². The molecule has 0 heterocycles. The molecule has 0 amide bonds. The summed E-state index contributed by atoms with van der Waals surface area (Å²) < 4.78 is 0. The molecule has 0 saturated carbocycles. The van der Waals surface area contributed by atoms with E-state index in [1.807, 2.05) is 25.1 Å². The summed E-state index contributed by atoms with van der Waals surface area (Å²) in [5.41, 5.74) is 2.12. The predicted octanol–water partition coefficient (Wildman–Crippen LogP) is 3.17. The molecule has 0 aromatic heterocycles. The molecule has 1 aromatic rings. The normalized spacial score (nSPS) is 12.5. The average Bonchev–Trinajstić information content (AvgIpc) is 2.17. The summed E-state index contributed by atoms with van der Waals surface area (Å²) in [7, 11) is 0. The first-order chi connectivity index (χ1) is 6.20. The van der Waals surface area contributed by atoms with Crippen LogP contribution in [0.3, 0.4) is 0 Å². The van der Waals surface area contributed by atoms with Crippen molar-refractivity contribution in [2.24, 2.45) is 0 Å². The summed E-state index contributed by atoms with van der Waals surface area (Å²) in [5.74, 6) is -0.0773. The molecule has 0 aliphatic heterocycles. The summed E-state index contributed by atoms with van der Waals surface area (Å²) >= 11 is 7.77. The summed E-state index contributed by atoms with van der Waals surface area (Å²) in [5, 5.41) is 0.769. The van der Waals surface area contributed by atoms with Gasteiger partial charge in [0.25, 0.3) is 0 Å². The summed E-state index contributed by atoms with van der Waals surface area (Å²) in [6.07, 6.45) is 0.938. The minimum atomic E-state index is -0.0773. The number of rotatable bonds is 3. The van der Waals surface area contributed by atoms with Crippen LogP contribution in [0.4, 0.5) is 0 Å². The summed E-state index contributed by atoms with van der Waals surface area (Å²) in [6, 6.07) is 5.89. The molecule has 1 rings (SSSR count). The van der Waals surface area contributed by atoms with E-state index in [0.717, 1.165) is 27.6 Å². The topological polar surface area (TPSA) is 17.1 Å². The minimum absolute atomic E-state index is 0.0773. The van der Waals surface area contributed by atoms with E-state index in [1.54, 1.807) is 0 Å². The second-order valence-electron chi connectivity index (χ2n) is 2.91. The molecular formula is C10H11BrOS. The number of benzene rings is 1. The SMILES string of the molecule is CC(C=O)c1cccc(CBr)c1S. The molecule has 0 bridgehead atoms. The third-order valence-corrected chi connectivity index (χ3v) is 3.14. The van der Waals surface area contributed by atoms with Crippen LogP contribution in [-0.2, 0) is 10.1 Å². The molecule has 0 saturated heterocycles. The summed E-state index contributed by atoms with van der Waals surface area (Å²) in [6.45, 7) is 1.88. The van der Waals surface area contributed by atoms with Crippen molar-refractivity contribution in [2.45, 2.75) is 23.1 Å². The molecule has 0 N–H and O–H groups in total. The maximum absolute atomic E-state index is 10.6. The Hall–Kier alpha value is -0.280. The molecule has 0 aliphatic rings. The van der Waals surface area contributed by atoms with E-state index >= 15 is 0 Å². The fourth-order valence-corrected chi connectivity index (χ4v) is 2.28. The average molecular weight is 259 g/mol. The van der Waals surface area contributed by atoms with Gasteiger partial charge in [-0.3, -0.25) is 0 Å². The van der Waals surface area contributed by atoms with Crippen LogP contribution >= 0.6 is 28.6 Å². The van der Waals surface area contributed by atoms with Crippen LogP contribution in [0.15, 0.2) is 23.1 Å². The lowest BCUT2D eigenvalue weighted by molar-refractivity contribution is -0.108. The number of halogens is 1. The van der Waals surface area contributed by atoms with Gasteiger partial charge in [-0.05, 0) is 11.1 Å². The molecule has 70 valence electrons. The molecule has 1 nitrogen and oxygen atoms in total. The fraction of sp³-hybridized carbons (Fsp3) is 0.300. The Balaban J connectivity index is 3.14. The first kappa shape index (κ1) is 10.8. The van der Waals surface area contributed by atoms with Crippen molar-refractivity contribution in [3.8, 4) is 0 Å². The molecular weight excluding hydrogens is 248 g/mol. The number of carbonyl (C=O) groups excluding carboxylic acids is 1. The van der Waals surface area contributed by atoms with Gasteiger partial charge in [0.15, 0.2) is 0 Å². The maximum atomic E-state index is 10.6. The van der Waals surface area contributed by atoms with Gasteiger partial charge in [0.2, 0.25) is 0 Å². The zero-order chi connectivity index (χ0) is 9.84. The highest BCUT2D eigenvalue weighted by atomic mass is 79.9. The number of aldehydes is 1. The number of carbonyl (C=O) groups is 1. The molecule has 3 heteroatoms. The van der Waals surface area contributed by atoms with Crippen LogP contribution in [0.2, 0.25) is 0 Å². The minimum Gasteiger partial charge on any atom is -0.303 e. The quantitative estimate of drug-likeness (QED) is 0.501. The predicted molar refractivity (Wildman–Crippen MR) is 60.8 cm³/mol. The second kappa shape index (κ2) is 4.82. The van der Waals surface area contributed by atoms with Gasteiger partial charge in [-0.25, -0.2) is 0 Å². The van der Waals surface area contributed by atoms with Gasteiger partial charge in [0.05, 0.1) is 0 Å². The highest BCUT2D eigenvalue weighted by molar-refractivity contribution is 9.08. The van der Waals surface area contributed by atoms with Crippen molar-refractivity contribution in [2.75, 3.05) is 0 Å². The summed E-state index contributed by atoms with van der Waals surface area (Å²) in [4.78, 5) is 11.5. The second-order valence-corrected chi connectivity index (χ2v) is 3.92. The van der Waals surface area contributed by atoms with Crippen LogP contribution in [0.25, 0.3) is 0 Å². The number of hydrogen-bond donors (Lipinski definition) is 1. The van der Waals surface area contributed by atoms with Crippen molar-refractivity contribution in [1.82, 2.24) is 0 Å². The largest absolute Gasteiger partial charge is 0.303 e. The zero-order valence-electron chi connectivity index (χ0n) is 7.33. The van der Waals surface area contributed by atoms with Gasteiger partial charge in [-0.2, -0.15) is 0 Å².